The highest BCUT2D eigenvalue weighted by Crippen LogP contribution is 2.79. The normalized spacial score (nSPS) is 56.1. The second-order valence-corrected chi connectivity index (χ2v) is 10.1. The molecule has 3 spiro atoms. The van der Waals surface area contributed by atoms with Crippen molar-refractivity contribution in [3.63, 3.8) is 0 Å². The fourth-order valence-electron chi connectivity index (χ4n) is 7.90. The molecular formula is C21H30O5. The van der Waals surface area contributed by atoms with E-state index < -0.39 is 11.6 Å². The monoisotopic (exact) mass is 362 g/mol. The highest BCUT2D eigenvalue weighted by atomic mass is 17.3. The molecule has 0 radical (unpaired) electrons. The summed E-state index contributed by atoms with van der Waals surface area (Å²) in [6, 6.07) is 0. The van der Waals surface area contributed by atoms with Gasteiger partial charge in [-0.3, -0.25) is 4.79 Å². The van der Waals surface area contributed by atoms with Crippen molar-refractivity contribution < 1.29 is 24.0 Å². The van der Waals surface area contributed by atoms with Crippen molar-refractivity contribution in [2.45, 2.75) is 82.2 Å². The molecule has 4 atom stereocenters. The first-order chi connectivity index (χ1) is 12.6. The van der Waals surface area contributed by atoms with Crippen molar-refractivity contribution in [2.75, 3.05) is 7.11 Å². The molecule has 3 bridgehead atoms. The van der Waals surface area contributed by atoms with Crippen LogP contribution in [0.3, 0.4) is 0 Å². The lowest BCUT2D eigenvalue weighted by Gasteiger charge is -2.49. The highest BCUT2D eigenvalue weighted by Gasteiger charge is 2.77. The first-order valence-corrected chi connectivity index (χ1v) is 10.7. The zero-order valence-corrected chi connectivity index (χ0v) is 15.7. The third kappa shape index (κ3) is 1.95. The van der Waals surface area contributed by atoms with Gasteiger partial charge in [-0.2, -0.15) is 9.78 Å². The molecule has 5 aliphatic carbocycles. The van der Waals surface area contributed by atoms with Crippen LogP contribution in [0.5, 0.6) is 0 Å². The van der Waals surface area contributed by atoms with Crippen molar-refractivity contribution in [3.05, 3.63) is 0 Å². The minimum atomic E-state index is -0.531. The summed E-state index contributed by atoms with van der Waals surface area (Å²) in [5.41, 5.74) is 0.661. The number of esters is 1. The smallest absolute Gasteiger partial charge is 0.305 e. The van der Waals surface area contributed by atoms with E-state index in [1.807, 2.05) is 0 Å². The summed E-state index contributed by atoms with van der Waals surface area (Å²) in [5.74, 6) is 2.41. The van der Waals surface area contributed by atoms with E-state index in [0.29, 0.717) is 29.6 Å². The molecule has 6 fully saturated rings. The van der Waals surface area contributed by atoms with Crippen LogP contribution in [0.15, 0.2) is 0 Å². The molecule has 5 nitrogen and oxygen atoms in total. The van der Waals surface area contributed by atoms with Gasteiger partial charge in [-0.15, -0.1) is 0 Å². The van der Waals surface area contributed by atoms with Gasteiger partial charge < -0.3 is 9.47 Å². The van der Waals surface area contributed by atoms with Gasteiger partial charge in [0.05, 0.1) is 7.11 Å². The lowest BCUT2D eigenvalue weighted by atomic mass is 9.56. The van der Waals surface area contributed by atoms with Crippen molar-refractivity contribution in [1.82, 2.24) is 0 Å². The second-order valence-electron chi connectivity index (χ2n) is 10.1. The second kappa shape index (κ2) is 5.24. The van der Waals surface area contributed by atoms with E-state index in [-0.39, 0.29) is 5.97 Å². The third-order valence-electron chi connectivity index (χ3n) is 9.24. The van der Waals surface area contributed by atoms with Crippen LogP contribution in [-0.2, 0) is 24.0 Å². The van der Waals surface area contributed by atoms with Gasteiger partial charge in [0.2, 0.25) is 11.6 Å². The Morgan fingerprint density at radius 2 is 1.65 bits per heavy atom. The quantitative estimate of drug-likeness (QED) is 0.562. The highest BCUT2D eigenvalue weighted by molar-refractivity contribution is 5.69. The van der Waals surface area contributed by atoms with Crippen LogP contribution >= 0.6 is 0 Å². The van der Waals surface area contributed by atoms with Gasteiger partial charge >= 0.3 is 5.97 Å². The van der Waals surface area contributed by atoms with Crippen LogP contribution in [-0.4, -0.2) is 24.7 Å². The van der Waals surface area contributed by atoms with Crippen molar-refractivity contribution in [2.24, 2.45) is 35.0 Å². The maximum Gasteiger partial charge on any atom is 0.305 e. The van der Waals surface area contributed by atoms with E-state index in [0.717, 1.165) is 43.9 Å². The molecule has 144 valence electrons. The maximum atomic E-state index is 11.4. The standard InChI is InChI=1S/C21H30O5/c1-23-18(22)3-2-13-4-6-20(7-5-13)24-21(26-25-20)16-9-14-8-15-10-17(21)12-19(14,15)11-16/h13-17H,2-12H2,1H3/t13-,14?,15?,16?,17?,19?,20+,21?. The van der Waals surface area contributed by atoms with E-state index in [1.54, 1.807) is 0 Å². The number of carbonyl (C=O) groups excluding carboxylic acids is 1. The van der Waals surface area contributed by atoms with Gasteiger partial charge in [-0.1, -0.05) is 0 Å². The molecule has 4 unspecified atom stereocenters. The summed E-state index contributed by atoms with van der Waals surface area (Å²) in [6.45, 7) is 0. The number of rotatable bonds is 3. The number of carbonyl (C=O) groups is 1. The average Bonchev–Trinajstić information content (AvgIpc) is 3.23. The van der Waals surface area contributed by atoms with Gasteiger partial charge in [0.1, 0.15) is 0 Å². The fraction of sp³-hybridized carbons (Fsp3) is 0.952. The van der Waals surface area contributed by atoms with Gasteiger partial charge in [0.25, 0.3) is 0 Å². The SMILES string of the molecule is COC(=O)CC[C@H]1CC[C@]2(CC1)OO[C@]1(O2)C2CC3CC4CC1CC34C2. The molecule has 0 N–H and O–H groups in total. The van der Waals surface area contributed by atoms with E-state index in [2.05, 4.69) is 0 Å². The molecule has 0 aromatic carbocycles. The maximum absolute atomic E-state index is 11.4. The number of fused-ring (bicyclic) bond motifs is 4. The Balaban J connectivity index is 1.14. The molecule has 0 aromatic rings. The molecule has 1 heterocycles. The Labute approximate surface area is 155 Å². The van der Waals surface area contributed by atoms with Gasteiger partial charge in [-0.25, -0.2) is 0 Å². The van der Waals surface area contributed by atoms with E-state index in [1.165, 1.54) is 39.2 Å². The average molecular weight is 362 g/mol. The molecule has 5 heteroatoms. The predicted octanol–water partition coefficient (Wildman–Crippen LogP) is 3.96. The summed E-state index contributed by atoms with van der Waals surface area (Å²) >= 11 is 0. The number of ether oxygens (including phenoxy) is 2. The van der Waals surface area contributed by atoms with Crippen LogP contribution in [0.2, 0.25) is 0 Å². The molecule has 0 amide bonds. The number of hydrogen-bond donors (Lipinski definition) is 0. The van der Waals surface area contributed by atoms with Crippen LogP contribution in [0, 0.1) is 35.0 Å². The number of hydrogen-bond acceptors (Lipinski definition) is 5. The Kier molecular flexibility index (Phi) is 3.29. The summed E-state index contributed by atoms with van der Waals surface area (Å²) in [5, 5.41) is 0. The van der Waals surface area contributed by atoms with E-state index in [9.17, 15) is 4.79 Å². The molecule has 5 saturated carbocycles. The first kappa shape index (κ1) is 16.3. The Morgan fingerprint density at radius 3 is 2.31 bits per heavy atom. The largest absolute Gasteiger partial charge is 0.469 e. The molecule has 6 rings (SSSR count). The topological polar surface area (TPSA) is 54.0 Å². The molecule has 1 aliphatic heterocycles. The van der Waals surface area contributed by atoms with Gasteiger partial charge in [-0.05, 0) is 74.5 Å². The van der Waals surface area contributed by atoms with E-state index in [4.69, 9.17) is 19.2 Å². The van der Waals surface area contributed by atoms with Crippen LogP contribution < -0.4 is 0 Å². The zero-order chi connectivity index (χ0) is 17.6. The van der Waals surface area contributed by atoms with Crippen molar-refractivity contribution >= 4 is 5.97 Å². The van der Waals surface area contributed by atoms with Crippen LogP contribution in [0.25, 0.3) is 0 Å². The molecular weight excluding hydrogens is 332 g/mol. The lowest BCUT2D eigenvalue weighted by molar-refractivity contribution is -0.375. The summed E-state index contributed by atoms with van der Waals surface area (Å²) in [4.78, 5) is 23.6. The first-order valence-electron chi connectivity index (χ1n) is 10.7. The van der Waals surface area contributed by atoms with Crippen LogP contribution in [0.4, 0.5) is 0 Å². The minimum absolute atomic E-state index is 0.104. The van der Waals surface area contributed by atoms with E-state index >= 15 is 0 Å². The summed E-state index contributed by atoms with van der Waals surface area (Å²) in [6.07, 6.45) is 11.9. The fourth-order valence-corrected chi connectivity index (χ4v) is 7.90. The van der Waals surface area contributed by atoms with Gasteiger partial charge in [0.15, 0.2) is 0 Å². The summed E-state index contributed by atoms with van der Waals surface area (Å²) in [7, 11) is 1.46. The predicted molar refractivity (Wildman–Crippen MR) is 91.4 cm³/mol. The zero-order valence-electron chi connectivity index (χ0n) is 15.7. The van der Waals surface area contributed by atoms with Crippen molar-refractivity contribution in [3.8, 4) is 0 Å². The molecule has 0 aromatic heterocycles. The van der Waals surface area contributed by atoms with Gasteiger partial charge in [0, 0.05) is 31.1 Å². The van der Waals surface area contributed by atoms with Crippen molar-refractivity contribution in [1.29, 1.82) is 0 Å². The Bertz CT molecular complexity index is 598. The number of methoxy groups -OCH3 is 1. The molecule has 26 heavy (non-hydrogen) atoms. The Hall–Kier alpha value is -0.650. The summed E-state index contributed by atoms with van der Waals surface area (Å²) < 4.78 is 11.6. The molecule has 6 aliphatic rings. The minimum Gasteiger partial charge on any atom is -0.469 e. The van der Waals surface area contributed by atoms with Crippen LogP contribution in [0.1, 0.15) is 70.6 Å². The Morgan fingerprint density at radius 1 is 1.00 bits per heavy atom. The lowest BCUT2D eigenvalue weighted by Crippen LogP contribution is -2.50. The third-order valence-corrected chi connectivity index (χ3v) is 9.24. The molecule has 1 saturated heterocycles.